The van der Waals surface area contributed by atoms with E-state index in [1.165, 1.54) is 36.5 Å². The molecule has 0 aliphatic carbocycles. The van der Waals surface area contributed by atoms with Gasteiger partial charge in [0.05, 0.1) is 6.04 Å². The van der Waals surface area contributed by atoms with E-state index in [1.807, 2.05) is 14.1 Å². The Kier molecular flexibility index (Phi) is 8.71. The molecular formula is C31H37N2Sb. The summed E-state index contributed by atoms with van der Waals surface area (Å²) in [5, 5.41) is 6.03. The van der Waals surface area contributed by atoms with Crippen LogP contribution in [0.15, 0.2) is 80.0 Å². The molecule has 0 aliphatic rings. The summed E-state index contributed by atoms with van der Waals surface area (Å²) in [5.41, 5.74) is 8.24. The molecule has 0 spiro atoms. The molecule has 34 heavy (non-hydrogen) atoms. The average Bonchev–Trinajstić information content (AvgIpc) is 2.82. The predicted octanol–water partition coefficient (Wildman–Crippen LogP) is 6.56. The molecule has 3 aromatic carbocycles. The second kappa shape index (κ2) is 11.3. The van der Waals surface area contributed by atoms with Crippen molar-refractivity contribution in [3.8, 4) is 0 Å². The van der Waals surface area contributed by atoms with E-state index in [0.29, 0.717) is 5.92 Å². The molecular weight excluding hydrogens is 522 g/mol. The van der Waals surface area contributed by atoms with E-state index >= 15 is 0 Å². The van der Waals surface area contributed by atoms with Gasteiger partial charge in [0.2, 0.25) is 0 Å². The number of benzene rings is 3. The van der Waals surface area contributed by atoms with Gasteiger partial charge in [-0.3, -0.25) is 0 Å². The van der Waals surface area contributed by atoms with Crippen LogP contribution in [-0.2, 0) is 0 Å². The number of hydrogen-bond acceptors (Lipinski definition) is 2. The normalized spacial score (nSPS) is 12.8. The molecule has 0 aliphatic heterocycles. The van der Waals surface area contributed by atoms with Crippen molar-refractivity contribution in [3.63, 3.8) is 0 Å². The van der Waals surface area contributed by atoms with Crippen molar-refractivity contribution in [3.05, 3.63) is 102 Å². The molecule has 176 valence electrons. The number of nitrogens with one attached hydrogen (secondary N) is 1. The summed E-state index contributed by atoms with van der Waals surface area (Å²) in [4.78, 5) is 2.07. The van der Waals surface area contributed by atoms with Crippen molar-refractivity contribution in [2.75, 3.05) is 14.1 Å². The van der Waals surface area contributed by atoms with Crippen LogP contribution in [0, 0.1) is 6.92 Å². The summed E-state index contributed by atoms with van der Waals surface area (Å²) in [6.07, 6.45) is 1.87. The van der Waals surface area contributed by atoms with E-state index in [9.17, 15) is 0 Å². The number of likely N-dealkylation sites (N-methyl/N-ethyl adjacent to an activating group) is 1. The van der Waals surface area contributed by atoms with Gasteiger partial charge >= 0.3 is 170 Å². The third-order valence-electron chi connectivity index (χ3n) is 6.72. The van der Waals surface area contributed by atoms with Crippen molar-refractivity contribution in [2.45, 2.75) is 45.6 Å². The van der Waals surface area contributed by atoms with Crippen molar-refractivity contribution in [1.29, 1.82) is 0 Å². The molecule has 0 aromatic heterocycles. The Morgan fingerprint density at radius 1 is 0.971 bits per heavy atom. The van der Waals surface area contributed by atoms with Gasteiger partial charge in [0.15, 0.2) is 0 Å². The molecule has 3 rings (SSSR count). The van der Waals surface area contributed by atoms with Gasteiger partial charge < -0.3 is 4.90 Å². The quantitative estimate of drug-likeness (QED) is 0.283. The van der Waals surface area contributed by atoms with Crippen LogP contribution in [0.2, 0.25) is 0 Å². The zero-order chi connectivity index (χ0) is 25.0. The molecule has 0 amide bonds. The van der Waals surface area contributed by atoms with Crippen molar-refractivity contribution in [1.82, 2.24) is 10.2 Å². The summed E-state index contributed by atoms with van der Waals surface area (Å²) in [5.74, 6) is 0.415. The Bertz CT molecular complexity index is 1220. The van der Waals surface area contributed by atoms with Gasteiger partial charge in [-0.2, -0.15) is 0 Å². The minimum atomic E-state index is 0.149. The molecule has 2 radical (unpaired) electrons. The molecule has 3 aromatic rings. The Labute approximate surface area is 219 Å². The van der Waals surface area contributed by atoms with Crippen LogP contribution in [0.4, 0.5) is 0 Å². The summed E-state index contributed by atoms with van der Waals surface area (Å²) in [6.45, 7) is 19.8. The molecule has 0 bridgehead atoms. The fraction of sp³-hybridized carbons (Fsp3) is 0.290. The molecule has 0 saturated heterocycles. The molecule has 2 atom stereocenters. The zero-order valence-electron chi connectivity index (χ0n) is 21.3. The van der Waals surface area contributed by atoms with E-state index < -0.39 is 0 Å². The summed E-state index contributed by atoms with van der Waals surface area (Å²) >= 11 is 1.79. The second-order valence-electron chi connectivity index (χ2n) is 9.43. The zero-order valence-corrected chi connectivity index (χ0v) is 23.8. The monoisotopic (exact) mass is 558 g/mol. The number of aryl methyl sites for hydroxylation is 1. The SMILES string of the molecule is C=C(CC(C)c1ccc(C)[c]([Sb])c1)c1ccc(C(=C)NC(CC)C(=C)N(C)C)c2ccccc12. The topological polar surface area (TPSA) is 15.3 Å². The van der Waals surface area contributed by atoms with Gasteiger partial charge in [0.1, 0.15) is 0 Å². The van der Waals surface area contributed by atoms with Gasteiger partial charge in [-0.05, 0) is 6.42 Å². The number of fused-ring (bicyclic) bond motifs is 1. The molecule has 1 N–H and O–H groups in total. The van der Waals surface area contributed by atoms with Crippen LogP contribution in [0.1, 0.15) is 54.9 Å². The Balaban J connectivity index is 1.89. The fourth-order valence-electron chi connectivity index (χ4n) is 4.42. The van der Waals surface area contributed by atoms with Crippen molar-refractivity contribution < 1.29 is 0 Å². The first-order valence-electron chi connectivity index (χ1n) is 11.9. The van der Waals surface area contributed by atoms with Gasteiger partial charge in [0, 0.05) is 19.8 Å². The summed E-state index contributed by atoms with van der Waals surface area (Å²) in [6, 6.07) is 20.0. The standard InChI is InChI=1S/C31H37N2.Sb/c1-9-31(25(6)33(7)8)32-24(5)28-19-18-27(29-12-10-11-13-30(28)29)23(4)20-22(3)26-16-14-21(2)15-17-26;/h10-14,16-19,22,31-32H,4-6,9,20H2,1-3,7-8H3;. The van der Waals surface area contributed by atoms with Gasteiger partial charge in [0.25, 0.3) is 0 Å². The first-order valence-corrected chi connectivity index (χ1v) is 13.2. The van der Waals surface area contributed by atoms with Crippen molar-refractivity contribution in [2.24, 2.45) is 0 Å². The summed E-state index contributed by atoms with van der Waals surface area (Å²) < 4.78 is 1.40. The Hall–Kier alpha value is -2.44. The van der Waals surface area contributed by atoms with Crippen molar-refractivity contribution >= 4 is 48.6 Å². The van der Waals surface area contributed by atoms with Gasteiger partial charge in [-0.1, -0.05) is 13.5 Å². The molecule has 2 unspecified atom stereocenters. The van der Waals surface area contributed by atoms with E-state index in [2.05, 4.69) is 105 Å². The third kappa shape index (κ3) is 5.78. The summed E-state index contributed by atoms with van der Waals surface area (Å²) in [7, 11) is 4.07. The number of nitrogens with zero attached hydrogens (tertiary/aromatic N) is 1. The second-order valence-corrected chi connectivity index (χ2v) is 10.8. The third-order valence-corrected chi connectivity index (χ3v) is 8.09. The van der Waals surface area contributed by atoms with Crippen LogP contribution in [0.25, 0.3) is 22.0 Å². The van der Waals surface area contributed by atoms with Crippen LogP contribution in [0.5, 0.6) is 0 Å². The maximum absolute atomic E-state index is 4.51. The average molecular weight is 559 g/mol. The molecule has 0 saturated carbocycles. The number of allylic oxidation sites excluding steroid dienone is 1. The van der Waals surface area contributed by atoms with Crippen LogP contribution in [-0.4, -0.2) is 48.1 Å². The first-order chi connectivity index (χ1) is 16.1. The van der Waals surface area contributed by atoms with Gasteiger partial charge in [-0.25, -0.2) is 0 Å². The molecule has 0 fully saturated rings. The Morgan fingerprint density at radius 2 is 1.59 bits per heavy atom. The number of rotatable bonds is 10. The first kappa shape index (κ1) is 26.2. The van der Waals surface area contributed by atoms with Gasteiger partial charge in [-0.15, -0.1) is 0 Å². The maximum atomic E-state index is 4.51. The number of hydrogen-bond donors (Lipinski definition) is 1. The molecule has 0 heterocycles. The molecule has 2 nitrogen and oxygen atoms in total. The van der Waals surface area contributed by atoms with E-state index in [4.69, 9.17) is 0 Å². The van der Waals surface area contributed by atoms with E-state index in [1.54, 1.807) is 23.0 Å². The minimum absolute atomic E-state index is 0.149. The van der Waals surface area contributed by atoms with Crippen LogP contribution >= 0.6 is 0 Å². The molecule has 3 heteroatoms. The van der Waals surface area contributed by atoms with E-state index in [0.717, 1.165) is 29.8 Å². The fourth-order valence-corrected chi connectivity index (χ4v) is 5.06. The Morgan fingerprint density at radius 3 is 2.18 bits per heavy atom. The van der Waals surface area contributed by atoms with Crippen LogP contribution < -0.4 is 8.83 Å². The van der Waals surface area contributed by atoms with E-state index in [-0.39, 0.29) is 6.04 Å². The van der Waals surface area contributed by atoms with Crippen LogP contribution in [0.3, 0.4) is 0 Å². The predicted molar refractivity (Wildman–Crippen MR) is 152 cm³/mol.